The molecule has 10 aliphatic rings. The summed E-state index contributed by atoms with van der Waals surface area (Å²) in [7, 11) is 0. The van der Waals surface area contributed by atoms with Crippen LogP contribution in [0.5, 0.6) is 0 Å². The van der Waals surface area contributed by atoms with E-state index in [1.54, 1.807) is 0 Å². The SMILES string of the molecule is NC(=O)N1C2C(CCC3CC(CS)CCC32)CC2CCC3CC(CS)CCC3C21.NC(=O)N1C2C(CCC3CC(CS)CCC32)CC2CCC3CC(CS)CCC3C21. The molecule has 0 aromatic carbocycles. The summed E-state index contributed by atoms with van der Waals surface area (Å²) >= 11 is 18.4. The van der Waals surface area contributed by atoms with Gasteiger partial charge < -0.3 is 21.3 Å². The fourth-order valence-corrected chi connectivity index (χ4v) is 19.0. The van der Waals surface area contributed by atoms with E-state index in [0.29, 0.717) is 71.5 Å². The number of amides is 4. The van der Waals surface area contributed by atoms with Gasteiger partial charge in [0.2, 0.25) is 0 Å². The van der Waals surface area contributed by atoms with Crippen LogP contribution in [0.15, 0.2) is 0 Å². The highest BCUT2D eigenvalue weighted by Gasteiger charge is 2.58. The summed E-state index contributed by atoms with van der Waals surface area (Å²) in [6.07, 6.45) is 29.1. The Morgan fingerprint density at radius 1 is 0.345 bits per heavy atom. The molecule has 2 aliphatic heterocycles. The number of urea groups is 2. The molecule has 6 nitrogen and oxygen atoms in total. The van der Waals surface area contributed by atoms with Gasteiger partial charge in [-0.05, 0) is 259 Å². The van der Waals surface area contributed by atoms with Gasteiger partial charge in [-0.2, -0.15) is 50.5 Å². The third-order valence-electron chi connectivity index (χ3n) is 20.0. The van der Waals surface area contributed by atoms with E-state index in [2.05, 4.69) is 60.3 Å². The van der Waals surface area contributed by atoms with Crippen molar-refractivity contribution in [1.29, 1.82) is 0 Å². The molecule has 0 bridgehead atoms. The molecule has 328 valence electrons. The molecule has 8 aliphatic carbocycles. The van der Waals surface area contributed by atoms with Crippen LogP contribution < -0.4 is 11.5 Å². The van der Waals surface area contributed by atoms with Gasteiger partial charge >= 0.3 is 12.1 Å². The summed E-state index contributed by atoms with van der Waals surface area (Å²) in [6.45, 7) is 0. The van der Waals surface area contributed by atoms with Crippen molar-refractivity contribution in [3.8, 4) is 0 Å². The van der Waals surface area contributed by atoms with Crippen LogP contribution in [0.1, 0.15) is 141 Å². The highest BCUT2D eigenvalue weighted by molar-refractivity contribution is 7.80. The van der Waals surface area contributed by atoms with E-state index in [9.17, 15) is 9.59 Å². The van der Waals surface area contributed by atoms with E-state index in [0.717, 1.165) is 70.4 Å². The topological polar surface area (TPSA) is 92.7 Å². The average Bonchev–Trinajstić information content (AvgIpc) is 3.26. The number of piperidine rings is 2. The van der Waals surface area contributed by atoms with Crippen LogP contribution in [0.2, 0.25) is 0 Å². The number of fused-ring (bicyclic) bond motifs is 12. The average molecular weight is 873 g/mol. The Labute approximate surface area is 374 Å². The smallest absolute Gasteiger partial charge is 0.315 e. The van der Waals surface area contributed by atoms with Crippen LogP contribution in [0.4, 0.5) is 9.59 Å². The lowest BCUT2D eigenvalue weighted by atomic mass is 9.54. The maximum absolute atomic E-state index is 13.0. The van der Waals surface area contributed by atoms with Gasteiger partial charge in [-0.25, -0.2) is 9.59 Å². The van der Waals surface area contributed by atoms with E-state index in [4.69, 9.17) is 11.5 Å². The first-order valence-corrected chi connectivity index (χ1v) is 27.3. The van der Waals surface area contributed by atoms with Crippen molar-refractivity contribution < 1.29 is 9.59 Å². The van der Waals surface area contributed by atoms with Crippen LogP contribution >= 0.6 is 50.5 Å². The van der Waals surface area contributed by atoms with Gasteiger partial charge in [-0.15, -0.1) is 0 Å². The summed E-state index contributed by atoms with van der Waals surface area (Å²) in [5.74, 6) is 15.9. The van der Waals surface area contributed by atoms with E-state index >= 15 is 0 Å². The van der Waals surface area contributed by atoms with E-state index in [1.807, 2.05) is 0 Å². The van der Waals surface area contributed by atoms with E-state index in [-0.39, 0.29) is 12.1 Å². The fraction of sp³-hybridized carbons (Fsp3) is 0.958. The molecular weight excluding hydrogens is 793 g/mol. The van der Waals surface area contributed by atoms with Crippen LogP contribution in [0.25, 0.3) is 0 Å². The quantitative estimate of drug-likeness (QED) is 0.159. The summed E-state index contributed by atoms with van der Waals surface area (Å²) < 4.78 is 0. The number of primary amides is 2. The maximum atomic E-state index is 13.0. The van der Waals surface area contributed by atoms with Crippen LogP contribution in [0.3, 0.4) is 0 Å². The molecule has 0 spiro atoms. The fourth-order valence-electron chi connectivity index (χ4n) is 17.6. The first kappa shape index (κ1) is 43.2. The summed E-state index contributed by atoms with van der Waals surface area (Å²) in [4.78, 5) is 30.6. The Kier molecular flexibility index (Phi) is 13.8. The lowest BCUT2D eigenvalue weighted by molar-refractivity contribution is -0.102. The van der Waals surface area contributed by atoms with Crippen LogP contribution in [0, 0.1) is 94.7 Å². The Balaban J connectivity index is 0.000000150. The summed E-state index contributed by atoms with van der Waals surface area (Å²) in [5, 5.41) is 0. The minimum absolute atomic E-state index is 0.108. The van der Waals surface area contributed by atoms with Gasteiger partial charge in [0.05, 0.1) is 0 Å². The van der Waals surface area contributed by atoms with Crippen LogP contribution in [-0.4, -0.2) is 69.0 Å². The molecule has 20 atom stereocenters. The first-order chi connectivity index (χ1) is 28.2. The molecule has 8 saturated carbocycles. The minimum atomic E-state index is -0.108. The van der Waals surface area contributed by atoms with Crippen molar-refractivity contribution in [1.82, 2.24) is 9.80 Å². The second kappa shape index (κ2) is 18.6. The van der Waals surface area contributed by atoms with E-state index < -0.39 is 0 Å². The zero-order chi connectivity index (χ0) is 40.2. The van der Waals surface area contributed by atoms with Gasteiger partial charge in [-0.3, -0.25) is 0 Å². The number of carbonyl (C=O) groups is 2. The number of carbonyl (C=O) groups excluding carboxylic acids is 2. The predicted molar refractivity (Wildman–Crippen MR) is 251 cm³/mol. The molecule has 0 radical (unpaired) electrons. The van der Waals surface area contributed by atoms with Gasteiger partial charge in [0, 0.05) is 24.2 Å². The van der Waals surface area contributed by atoms with Crippen molar-refractivity contribution in [2.45, 2.75) is 165 Å². The molecule has 4 amide bonds. The number of likely N-dealkylation sites (tertiary alicyclic amines) is 2. The molecular formula is C48H80N4O2S4. The summed E-state index contributed by atoms with van der Waals surface area (Å²) in [6, 6.07) is 1.49. The Hall–Kier alpha value is -0.0600. The van der Waals surface area contributed by atoms with Gasteiger partial charge in [0.15, 0.2) is 0 Å². The molecule has 2 heterocycles. The summed E-state index contributed by atoms with van der Waals surface area (Å²) in [5.41, 5.74) is 12.4. The third kappa shape index (κ3) is 8.15. The minimum Gasteiger partial charge on any atom is -0.351 e. The zero-order valence-corrected chi connectivity index (χ0v) is 39.2. The monoisotopic (exact) mass is 873 g/mol. The molecule has 2 saturated heterocycles. The number of rotatable bonds is 4. The largest absolute Gasteiger partial charge is 0.351 e. The number of nitrogens with zero attached hydrogens (tertiary/aromatic N) is 2. The van der Waals surface area contributed by atoms with Crippen molar-refractivity contribution in [2.75, 3.05) is 23.0 Å². The van der Waals surface area contributed by atoms with Gasteiger partial charge in [0.25, 0.3) is 0 Å². The lowest BCUT2D eigenvalue weighted by Crippen LogP contribution is -2.67. The number of nitrogens with two attached hydrogens (primary N) is 2. The zero-order valence-electron chi connectivity index (χ0n) is 35.6. The van der Waals surface area contributed by atoms with Gasteiger partial charge in [-0.1, -0.05) is 0 Å². The van der Waals surface area contributed by atoms with Crippen LogP contribution in [-0.2, 0) is 0 Å². The van der Waals surface area contributed by atoms with Crippen molar-refractivity contribution in [3.63, 3.8) is 0 Å². The molecule has 10 heteroatoms. The molecule has 10 fully saturated rings. The maximum Gasteiger partial charge on any atom is 0.315 e. The Morgan fingerprint density at radius 2 is 0.569 bits per heavy atom. The second-order valence-electron chi connectivity index (χ2n) is 22.4. The van der Waals surface area contributed by atoms with Crippen molar-refractivity contribution in [3.05, 3.63) is 0 Å². The predicted octanol–water partition coefficient (Wildman–Crippen LogP) is 10.5. The molecule has 58 heavy (non-hydrogen) atoms. The molecule has 0 aromatic heterocycles. The molecule has 20 unspecified atom stereocenters. The Bertz CT molecular complexity index is 1250. The molecule has 0 aromatic rings. The van der Waals surface area contributed by atoms with E-state index in [1.165, 1.54) is 141 Å². The first-order valence-electron chi connectivity index (χ1n) is 24.8. The van der Waals surface area contributed by atoms with Crippen molar-refractivity contribution in [2.24, 2.45) is 106 Å². The normalized spacial score (nSPS) is 49.4. The standard InChI is InChI=1S/2C24H40N2OS2/c2*25-24(27)26-22-18(5-3-16-9-14(12-28)1-7-20(16)22)11-19-6-4-17-10-15(13-29)2-8-21(17)23(19)26/h2*14-23,28-29H,1-13H2,(H2,25,27). The number of hydrogen-bond acceptors (Lipinski definition) is 6. The second-order valence-corrected chi connectivity index (χ2v) is 23.9. The Morgan fingerprint density at radius 3 is 0.776 bits per heavy atom. The molecule has 4 N–H and O–H groups in total. The van der Waals surface area contributed by atoms with Crippen molar-refractivity contribution >= 4 is 62.6 Å². The third-order valence-corrected chi connectivity index (χ3v) is 22.0. The number of thiol groups is 4. The van der Waals surface area contributed by atoms with Gasteiger partial charge in [0.1, 0.15) is 0 Å². The highest BCUT2D eigenvalue weighted by Crippen LogP contribution is 2.59. The number of hydrogen-bond donors (Lipinski definition) is 6. The lowest BCUT2D eigenvalue weighted by Gasteiger charge is -2.61. The highest BCUT2D eigenvalue weighted by atomic mass is 32.1. The molecule has 10 rings (SSSR count).